The van der Waals surface area contributed by atoms with Crippen LogP contribution in [0.3, 0.4) is 0 Å². The van der Waals surface area contributed by atoms with Gasteiger partial charge in [0.05, 0.1) is 49.6 Å². The number of anilines is 4. The van der Waals surface area contributed by atoms with E-state index < -0.39 is 36.9 Å². The highest BCUT2D eigenvalue weighted by molar-refractivity contribution is 7.53. The third-order valence-electron chi connectivity index (χ3n) is 7.64. The van der Waals surface area contributed by atoms with Gasteiger partial charge in [0, 0.05) is 43.7 Å². The van der Waals surface area contributed by atoms with Gasteiger partial charge in [-0.2, -0.15) is 23.3 Å². The summed E-state index contributed by atoms with van der Waals surface area (Å²) in [4.78, 5) is 22.5. The maximum absolute atomic E-state index is 15.9. The van der Waals surface area contributed by atoms with Gasteiger partial charge >= 0.3 is 13.8 Å². The number of ether oxygens (including phenoxy) is 1. The summed E-state index contributed by atoms with van der Waals surface area (Å²) in [6.45, 7) is 2.27. The lowest BCUT2D eigenvalue weighted by Crippen LogP contribution is -2.18. The topological polar surface area (TPSA) is 133 Å². The molecule has 8 rings (SSSR count). The first kappa shape index (κ1) is 32.4. The number of hydrogen-bond acceptors (Lipinski definition) is 10. The molecule has 2 N–H and O–H groups in total. The van der Waals surface area contributed by atoms with Crippen molar-refractivity contribution < 1.29 is 40.7 Å². The van der Waals surface area contributed by atoms with Crippen molar-refractivity contribution in [2.45, 2.75) is 38.8 Å². The predicted molar refractivity (Wildman–Crippen MR) is 164 cm³/mol. The molecule has 4 aliphatic heterocycles. The van der Waals surface area contributed by atoms with Gasteiger partial charge in [0.15, 0.2) is 0 Å². The summed E-state index contributed by atoms with van der Waals surface area (Å²) >= 11 is 0. The monoisotopic (exact) mass is 675 g/mol. The van der Waals surface area contributed by atoms with Crippen molar-refractivity contribution in [3.8, 4) is 16.9 Å². The number of benzene rings is 2. The third-order valence-corrected chi connectivity index (χ3v) is 9.62. The lowest BCUT2D eigenvalue weighted by atomic mass is 9.96. The molecule has 4 aromatic rings. The van der Waals surface area contributed by atoms with Crippen molar-refractivity contribution in [1.29, 1.82) is 0 Å². The van der Waals surface area contributed by atoms with Gasteiger partial charge in [0.2, 0.25) is 5.95 Å². The molecule has 6 heterocycles. The summed E-state index contributed by atoms with van der Waals surface area (Å²) in [5.41, 5.74) is 0.214. The number of aromatic nitrogens is 4. The fraction of sp³-hybridized carbons (Fsp3) is 0.333. The lowest BCUT2D eigenvalue weighted by Gasteiger charge is -2.19. The van der Waals surface area contributed by atoms with Crippen molar-refractivity contribution >= 4 is 36.6 Å². The van der Waals surface area contributed by atoms with Gasteiger partial charge in [-0.25, -0.2) is 9.37 Å². The van der Waals surface area contributed by atoms with E-state index in [2.05, 4.69) is 25.7 Å². The van der Waals surface area contributed by atoms with E-state index in [-0.39, 0.29) is 60.0 Å². The van der Waals surface area contributed by atoms with Gasteiger partial charge in [-0.15, -0.1) is 0 Å². The molecule has 1 amide bonds. The summed E-state index contributed by atoms with van der Waals surface area (Å²) in [5, 5.41) is 9.74. The molecule has 12 nitrogen and oxygen atoms in total. The molecule has 0 aliphatic carbocycles. The Labute approximate surface area is 266 Å². The zero-order valence-electron chi connectivity index (χ0n) is 25.5. The number of amides is 1. The van der Waals surface area contributed by atoms with E-state index in [0.717, 1.165) is 6.07 Å². The van der Waals surface area contributed by atoms with Crippen LogP contribution in [0.2, 0.25) is 0 Å². The summed E-state index contributed by atoms with van der Waals surface area (Å²) in [7, 11) is -0.696. The molecule has 0 radical (unpaired) electrons. The van der Waals surface area contributed by atoms with Crippen molar-refractivity contribution in [1.82, 2.24) is 24.6 Å². The molecule has 0 fully saturated rings. The van der Waals surface area contributed by atoms with Gasteiger partial charge in [-0.3, -0.25) is 14.0 Å². The molecular formula is C30H30F4N7O5P. The Balaban J connectivity index is 1.50. The second-order valence-corrected chi connectivity index (χ2v) is 13.0. The zero-order chi connectivity index (χ0) is 33.5. The van der Waals surface area contributed by atoms with Crippen LogP contribution in [0.4, 0.5) is 40.7 Å². The molecule has 0 spiro atoms. The molecule has 17 heteroatoms. The normalized spacial score (nSPS) is 18.3. The lowest BCUT2D eigenvalue weighted by molar-refractivity contribution is -0.137. The minimum Gasteiger partial charge on any atom is -0.495 e. The second kappa shape index (κ2) is 12.6. The molecule has 47 heavy (non-hydrogen) atoms. The van der Waals surface area contributed by atoms with Crippen LogP contribution in [0.5, 0.6) is 5.75 Å². The van der Waals surface area contributed by atoms with Gasteiger partial charge in [0.25, 0.3) is 5.91 Å². The Morgan fingerprint density at radius 1 is 1.13 bits per heavy atom. The average Bonchev–Trinajstić information content (AvgIpc) is 3.59. The first-order valence-electron chi connectivity index (χ1n) is 14.6. The van der Waals surface area contributed by atoms with E-state index in [1.54, 1.807) is 36.0 Å². The number of carbonyl (C=O) groups excluding carboxylic acids is 1. The molecule has 4 aliphatic rings. The Morgan fingerprint density at radius 3 is 2.68 bits per heavy atom. The standard InChI is InChI=1S/C30H30F4N7O5P/c1-4-45-47(43)16-17-6-7-22(24(10-17)44-3)38-29-35-13-20(30(32,33)34)27(39-29)37-23-11-21(31)25(19-15-40(2)28(42)26(19)23)18-12-36-41(14-18)8-5-9-46-47/h6-7,10-14H,4-5,8-9,15-16H2,1-3H3,(H2,35,37,38,39). The summed E-state index contributed by atoms with van der Waals surface area (Å²) in [6, 6.07) is 5.77. The maximum Gasteiger partial charge on any atom is 0.421 e. The van der Waals surface area contributed by atoms with Crippen molar-refractivity contribution in [2.75, 3.05) is 38.0 Å². The van der Waals surface area contributed by atoms with Crippen LogP contribution in [0.25, 0.3) is 11.1 Å². The predicted octanol–water partition coefficient (Wildman–Crippen LogP) is 6.73. The van der Waals surface area contributed by atoms with Crippen LogP contribution in [-0.2, 0) is 39.0 Å². The van der Waals surface area contributed by atoms with E-state index in [9.17, 15) is 22.5 Å². The average molecular weight is 676 g/mol. The molecule has 0 saturated heterocycles. The van der Waals surface area contributed by atoms with E-state index in [1.165, 1.54) is 25.3 Å². The van der Waals surface area contributed by atoms with Crippen molar-refractivity contribution in [3.05, 3.63) is 70.9 Å². The molecule has 0 saturated carbocycles. The number of methoxy groups -OCH3 is 1. The van der Waals surface area contributed by atoms with Gasteiger partial charge in [0.1, 0.15) is 22.9 Å². The van der Waals surface area contributed by atoms with Crippen LogP contribution in [-0.4, -0.2) is 57.9 Å². The second-order valence-electron chi connectivity index (χ2n) is 10.9. The minimum absolute atomic E-state index is 0.0115. The Hall–Kier alpha value is -4.53. The number of nitrogens with zero attached hydrogens (tertiary/aromatic N) is 5. The highest BCUT2D eigenvalue weighted by atomic mass is 31.2. The summed E-state index contributed by atoms with van der Waals surface area (Å²) in [6.07, 6.45) is -0.938. The van der Waals surface area contributed by atoms with Gasteiger partial charge in [-0.05, 0) is 42.7 Å². The van der Waals surface area contributed by atoms with Crippen LogP contribution in [0, 0.1) is 5.82 Å². The Kier molecular flexibility index (Phi) is 8.68. The number of nitrogens with one attached hydrogen (secondary N) is 2. The van der Waals surface area contributed by atoms with Crippen LogP contribution < -0.4 is 15.4 Å². The van der Waals surface area contributed by atoms with E-state index >= 15 is 4.39 Å². The number of alkyl halides is 3. The van der Waals surface area contributed by atoms with E-state index in [4.69, 9.17) is 13.8 Å². The van der Waals surface area contributed by atoms with Crippen molar-refractivity contribution in [2.24, 2.45) is 0 Å². The summed E-state index contributed by atoms with van der Waals surface area (Å²) in [5.74, 6) is -1.98. The molecule has 2 aromatic heterocycles. The first-order valence-corrected chi connectivity index (χ1v) is 16.3. The van der Waals surface area contributed by atoms with Crippen molar-refractivity contribution in [3.63, 3.8) is 0 Å². The Bertz CT molecular complexity index is 1900. The number of carbonyl (C=O) groups is 1. The van der Waals surface area contributed by atoms with E-state index in [1.807, 2.05) is 0 Å². The maximum atomic E-state index is 15.9. The summed E-state index contributed by atoms with van der Waals surface area (Å²) < 4.78 is 90.3. The van der Waals surface area contributed by atoms with Crippen LogP contribution in [0.15, 0.2) is 42.9 Å². The number of aryl methyl sites for hydroxylation is 1. The highest BCUT2D eigenvalue weighted by Crippen LogP contribution is 2.52. The Morgan fingerprint density at radius 2 is 1.94 bits per heavy atom. The third kappa shape index (κ3) is 6.53. The minimum atomic E-state index is -4.89. The molecule has 1 unspecified atom stereocenters. The highest BCUT2D eigenvalue weighted by Gasteiger charge is 2.38. The number of rotatable bonds is 3. The molecule has 248 valence electrons. The fourth-order valence-electron chi connectivity index (χ4n) is 5.54. The molecular weight excluding hydrogens is 645 g/mol. The molecule has 1 atom stereocenters. The smallest absolute Gasteiger partial charge is 0.421 e. The van der Waals surface area contributed by atoms with Gasteiger partial charge < -0.3 is 29.3 Å². The molecule has 8 bridgehead atoms. The number of fused-ring (bicyclic) bond motifs is 1. The molecule has 2 aromatic carbocycles. The van der Waals surface area contributed by atoms with Gasteiger partial charge in [-0.1, -0.05) is 6.07 Å². The zero-order valence-corrected chi connectivity index (χ0v) is 26.4. The van der Waals surface area contributed by atoms with E-state index in [0.29, 0.717) is 36.0 Å². The van der Waals surface area contributed by atoms with Crippen LogP contribution >= 0.6 is 7.60 Å². The first-order chi connectivity index (χ1) is 22.4. The SMILES string of the molecule is CCOP1(=O)Cc2ccc(c(OC)c2)Nc2ncc(C(F)(F)F)c(n2)Nc2cc(F)c(c3c2C(=O)N(C)C3)-c2cnn(c2)CCCO1. The number of hydrogen-bond donors (Lipinski definition) is 2. The number of halogens is 4. The van der Waals surface area contributed by atoms with Crippen LogP contribution in [0.1, 0.15) is 40.4 Å². The fourth-order valence-corrected chi connectivity index (χ4v) is 7.24. The largest absolute Gasteiger partial charge is 0.495 e. The quantitative estimate of drug-likeness (QED) is 0.178.